The summed E-state index contributed by atoms with van der Waals surface area (Å²) in [5.74, 6) is 0. The highest BCUT2D eigenvalue weighted by molar-refractivity contribution is 5.16. The molecule has 0 aromatic heterocycles. The van der Waals surface area contributed by atoms with Gasteiger partial charge in [0.2, 0.25) is 0 Å². The van der Waals surface area contributed by atoms with Crippen LogP contribution in [0.1, 0.15) is 24.8 Å². The van der Waals surface area contributed by atoms with Gasteiger partial charge in [0.1, 0.15) is 6.23 Å². The van der Waals surface area contributed by atoms with Crippen molar-refractivity contribution in [2.24, 2.45) is 0 Å². The summed E-state index contributed by atoms with van der Waals surface area (Å²) in [6, 6.07) is 10.9. The minimum absolute atomic E-state index is 0.294. The first-order valence-corrected chi connectivity index (χ1v) is 5.32. The molecular weight excluding hydrogens is 174 g/mol. The number of aliphatic hydroxyl groups is 1. The van der Waals surface area contributed by atoms with E-state index >= 15 is 0 Å². The van der Waals surface area contributed by atoms with Gasteiger partial charge >= 0.3 is 0 Å². The van der Waals surface area contributed by atoms with Crippen molar-refractivity contribution < 1.29 is 5.11 Å². The maximum absolute atomic E-state index is 9.45. The molecule has 1 aliphatic heterocycles. The van der Waals surface area contributed by atoms with Crippen LogP contribution in [0.3, 0.4) is 0 Å². The largest absolute Gasteiger partial charge is 0.379 e. The van der Waals surface area contributed by atoms with E-state index < -0.39 is 0 Å². The molecule has 0 aliphatic carbocycles. The summed E-state index contributed by atoms with van der Waals surface area (Å²) >= 11 is 0. The first kappa shape index (κ1) is 9.69. The molecule has 2 N–H and O–H groups in total. The molecule has 1 heterocycles. The Morgan fingerprint density at radius 1 is 1.21 bits per heavy atom. The summed E-state index contributed by atoms with van der Waals surface area (Å²) in [7, 11) is 0. The van der Waals surface area contributed by atoms with Crippen molar-refractivity contribution >= 4 is 0 Å². The Hall–Kier alpha value is -0.860. The second kappa shape index (κ2) is 4.58. The minimum atomic E-state index is -0.294. The predicted octanol–water partition coefficient (Wildman–Crippen LogP) is 1.69. The molecular formula is C12H17NO. The van der Waals surface area contributed by atoms with Gasteiger partial charge in [0.05, 0.1) is 0 Å². The zero-order valence-electron chi connectivity index (χ0n) is 8.32. The zero-order valence-corrected chi connectivity index (χ0v) is 8.32. The fourth-order valence-electron chi connectivity index (χ4n) is 2.06. The van der Waals surface area contributed by atoms with Crippen LogP contribution >= 0.6 is 0 Å². The van der Waals surface area contributed by atoms with E-state index in [0.29, 0.717) is 6.04 Å². The van der Waals surface area contributed by atoms with Crippen molar-refractivity contribution in [3.63, 3.8) is 0 Å². The second-order valence-electron chi connectivity index (χ2n) is 4.00. The number of nitrogens with one attached hydrogen (secondary N) is 1. The first-order chi connectivity index (χ1) is 6.84. The quantitative estimate of drug-likeness (QED) is 0.745. The van der Waals surface area contributed by atoms with Gasteiger partial charge in [-0.3, -0.25) is 5.32 Å². The van der Waals surface area contributed by atoms with Gasteiger partial charge in [-0.15, -0.1) is 0 Å². The van der Waals surface area contributed by atoms with Crippen LogP contribution in [0, 0.1) is 0 Å². The van der Waals surface area contributed by atoms with Gasteiger partial charge in [0.15, 0.2) is 0 Å². The van der Waals surface area contributed by atoms with E-state index in [0.717, 1.165) is 19.3 Å². The van der Waals surface area contributed by atoms with Crippen molar-refractivity contribution in [1.29, 1.82) is 0 Å². The Bertz CT molecular complexity index is 273. The highest BCUT2D eigenvalue weighted by Gasteiger charge is 2.18. The first-order valence-electron chi connectivity index (χ1n) is 5.32. The van der Waals surface area contributed by atoms with Crippen LogP contribution in [0.5, 0.6) is 0 Å². The Balaban J connectivity index is 1.91. The van der Waals surface area contributed by atoms with Crippen molar-refractivity contribution in [3.8, 4) is 0 Å². The molecule has 76 valence electrons. The summed E-state index contributed by atoms with van der Waals surface area (Å²) in [4.78, 5) is 0. The molecule has 1 fully saturated rings. The lowest BCUT2D eigenvalue weighted by atomic mass is 9.97. The van der Waals surface area contributed by atoms with Gasteiger partial charge in [-0.2, -0.15) is 0 Å². The number of aliphatic hydroxyl groups excluding tert-OH is 1. The highest BCUT2D eigenvalue weighted by Crippen LogP contribution is 2.14. The fraction of sp³-hybridized carbons (Fsp3) is 0.500. The molecule has 2 atom stereocenters. The Morgan fingerprint density at radius 2 is 2.00 bits per heavy atom. The SMILES string of the molecule is OC1CCCC(Cc2ccccc2)N1. The molecule has 0 saturated carbocycles. The normalized spacial score (nSPS) is 27.5. The molecule has 14 heavy (non-hydrogen) atoms. The number of hydrogen-bond donors (Lipinski definition) is 2. The van der Waals surface area contributed by atoms with Crippen LogP contribution in [0.2, 0.25) is 0 Å². The van der Waals surface area contributed by atoms with Crippen molar-refractivity contribution in [2.75, 3.05) is 0 Å². The van der Waals surface area contributed by atoms with Crippen LogP contribution in [0.15, 0.2) is 30.3 Å². The van der Waals surface area contributed by atoms with Gasteiger partial charge in [-0.05, 0) is 31.2 Å². The van der Waals surface area contributed by atoms with Crippen molar-refractivity contribution in [2.45, 2.75) is 38.0 Å². The van der Waals surface area contributed by atoms with Crippen LogP contribution < -0.4 is 5.32 Å². The van der Waals surface area contributed by atoms with E-state index in [4.69, 9.17) is 0 Å². The second-order valence-corrected chi connectivity index (χ2v) is 4.00. The topological polar surface area (TPSA) is 32.3 Å². The maximum atomic E-state index is 9.45. The van der Waals surface area contributed by atoms with E-state index in [1.807, 2.05) is 6.07 Å². The Kier molecular flexibility index (Phi) is 3.17. The lowest BCUT2D eigenvalue weighted by Crippen LogP contribution is -2.43. The molecule has 1 aromatic rings. The van der Waals surface area contributed by atoms with Gasteiger partial charge in [0, 0.05) is 6.04 Å². The summed E-state index contributed by atoms with van der Waals surface area (Å²) in [6.07, 6.45) is 3.93. The van der Waals surface area contributed by atoms with Gasteiger partial charge in [-0.1, -0.05) is 30.3 Å². The van der Waals surface area contributed by atoms with Crippen molar-refractivity contribution in [1.82, 2.24) is 5.32 Å². The fourth-order valence-corrected chi connectivity index (χ4v) is 2.06. The molecule has 0 bridgehead atoms. The Morgan fingerprint density at radius 3 is 2.71 bits per heavy atom. The summed E-state index contributed by atoms with van der Waals surface area (Å²) < 4.78 is 0. The lowest BCUT2D eigenvalue weighted by molar-refractivity contribution is 0.0853. The zero-order chi connectivity index (χ0) is 9.80. The minimum Gasteiger partial charge on any atom is -0.379 e. The van der Waals surface area contributed by atoms with E-state index in [1.165, 1.54) is 12.0 Å². The summed E-state index contributed by atoms with van der Waals surface area (Å²) in [5.41, 5.74) is 1.35. The third-order valence-corrected chi connectivity index (χ3v) is 2.78. The van der Waals surface area contributed by atoms with Gasteiger partial charge < -0.3 is 5.11 Å². The van der Waals surface area contributed by atoms with E-state index in [-0.39, 0.29) is 6.23 Å². The number of piperidine rings is 1. The maximum Gasteiger partial charge on any atom is 0.105 e. The molecule has 2 unspecified atom stereocenters. The molecule has 2 rings (SSSR count). The molecule has 2 heteroatoms. The predicted molar refractivity (Wildman–Crippen MR) is 56.9 cm³/mol. The van der Waals surface area contributed by atoms with E-state index in [2.05, 4.69) is 29.6 Å². The number of hydrogen-bond acceptors (Lipinski definition) is 2. The van der Waals surface area contributed by atoms with Gasteiger partial charge in [-0.25, -0.2) is 0 Å². The Labute approximate surface area is 85.0 Å². The van der Waals surface area contributed by atoms with Gasteiger partial charge in [0.25, 0.3) is 0 Å². The van der Waals surface area contributed by atoms with Crippen LogP contribution in [0.25, 0.3) is 0 Å². The average Bonchev–Trinajstić information content (AvgIpc) is 2.19. The third-order valence-electron chi connectivity index (χ3n) is 2.78. The van der Waals surface area contributed by atoms with E-state index in [9.17, 15) is 5.11 Å². The average molecular weight is 191 g/mol. The van der Waals surface area contributed by atoms with Crippen LogP contribution in [0.4, 0.5) is 0 Å². The van der Waals surface area contributed by atoms with E-state index in [1.54, 1.807) is 0 Å². The molecule has 1 aromatic carbocycles. The lowest BCUT2D eigenvalue weighted by Gasteiger charge is -2.27. The van der Waals surface area contributed by atoms with Crippen molar-refractivity contribution in [3.05, 3.63) is 35.9 Å². The summed E-state index contributed by atoms with van der Waals surface area (Å²) in [6.45, 7) is 0. The molecule has 1 aliphatic rings. The summed E-state index contributed by atoms with van der Waals surface area (Å²) in [5, 5.41) is 12.7. The number of rotatable bonds is 2. The highest BCUT2D eigenvalue weighted by atomic mass is 16.3. The van der Waals surface area contributed by atoms with Crippen LogP contribution in [-0.2, 0) is 6.42 Å². The third kappa shape index (κ3) is 2.56. The molecule has 2 nitrogen and oxygen atoms in total. The molecule has 0 amide bonds. The molecule has 0 spiro atoms. The smallest absolute Gasteiger partial charge is 0.105 e. The molecule has 1 saturated heterocycles. The molecule has 0 radical (unpaired) electrons. The number of benzene rings is 1. The standard InChI is InChI=1S/C12H17NO/c14-12-8-4-7-11(13-12)9-10-5-2-1-3-6-10/h1-3,5-6,11-14H,4,7-9H2. The monoisotopic (exact) mass is 191 g/mol. The van der Waals surface area contributed by atoms with Crippen LogP contribution in [-0.4, -0.2) is 17.4 Å².